The van der Waals surface area contributed by atoms with Crippen LogP contribution in [-0.4, -0.2) is 66.0 Å². The molecule has 3 atom stereocenters. The van der Waals surface area contributed by atoms with Gasteiger partial charge in [0.25, 0.3) is 0 Å². The van der Waals surface area contributed by atoms with Crippen LogP contribution >= 0.6 is 0 Å². The summed E-state index contributed by atoms with van der Waals surface area (Å²) in [5.41, 5.74) is 2.29. The number of halogens is 3. The van der Waals surface area contributed by atoms with Gasteiger partial charge in [0, 0.05) is 31.1 Å². The highest BCUT2D eigenvalue weighted by molar-refractivity contribution is 5.50. The third-order valence-corrected chi connectivity index (χ3v) is 5.85. The van der Waals surface area contributed by atoms with Gasteiger partial charge in [0.05, 0.1) is 13.0 Å². The number of alkyl halides is 3. The largest absolute Gasteiger partial charge is 0.395 e. The van der Waals surface area contributed by atoms with E-state index in [4.69, 9.17) is 0 Å². The predicted molar refractivity (Wildman–Crippen MR) is 102 cm³/mol. The van der Waals surface area contributed by atoms with Gasteiger partial charge in [-0.05, 0) is 44.0 Å². The van der Waals surface area contributed by atoms with Gasteiger partial charge in [-0.15, -0.1) is 0 Å². The molecule has 0 bridgehead atoms. The molecule has 6 heteroatoms. The van der Waals surface area contributed by atoms with Crippen LogP contribution in [0.1, 0.15) is 43.2 Å². The maximum atomic E-state index is 12.7. The Balaban J connectivity index is 1.75. The molecular formula is C21H29F3N2O. The molecule has 1 aromatic rings. The molecule has 2 heterocycles. The van der Waals surface area contributed by atoms with Crippen molar-refractivity contribution < 1.29 is 18.3 Å². The minimum atomic E-state index is -4.11. The zero-order valence-electron chi connectivity index (χ0n) is 15.8. The third-order valence-electron chi connectivity index (χ3n) is 5.85. The molecule has 2 saturated heterocycles. The summed E-state index contributed by atoms with van der Waals surface area (Å²) in [6.07, 6.45) is 1.02. The molecule has 0 spiro atoms. The van der Waals surface area contributed by atoms with E-state index < -0.39 is 12.6 Å². The normalized spacial score (nSPS) is 27.8. The fourth-order valence-electron chi connectivity index (χ4n) is 4.52. The molecule has 2 aliphatic rings. The van der Waals surface area contributed by atoms with E-state index in [1.807, 2.05) is 24.0 Å². The second-order valence-corrected chi connectivity index (χ2v) is 7.62. The number of hydrogen-bond donors (Lipinski definition) is 1. The van der Waals surface area contributed by atoms with Crippen molar-refractivity contribution in [1.29, 1.82) is 0 Å². The molecule has 0 unspecified atom stereocenters. The summed E-state index contributed by atoms with van der Waals surface area (Å²) >= 11 is 0. The summed E-state index contributed by atoms with van der Waals surface area (Å²) in [4.78, 5) is 4.25. The maximum Gasteiger partial charge on any atom is 0.390 e. The summed E-state index contributed by atoms with van der Waals surface area (Å²) in [5, 5.41) is 9.92. The van der Waals surface area contributed by atoms with Crippen molar-refractivity contribution in [3.63, 3.8) is 0 Å². The van der Waals surface area contributed by atoms with Crippen LogP contribution in [0.15, 0.2) is 30.3 Å². The number of nitrogens with zero attached hydrogens (tertiary/aromatic N) is 2. The Labute approximate surface area is 159 Å². The molecule has 0 amide bonds. The van der Waals surface area contributed by atoms with Gasteiger partial charge in [0.2, 0.25) is 0 Å². The van der Waals surface area contributed by atoms with Crippen LogP contribution in [0.5, 0.6) is 0 Å². The number of aliphatic hydroxyl groups excluding tert-OH is 1. The summed E-state index contributed by atoms with van der Waals surface area (Å²) < 4.78 is 38.0. The Hall–Kier alpha value is -1.37. The lowest BCUT2D eigenvalue weighted by Gasteiger charge is -2.57. The second-order valence-electron chi connectivity index (χ2n) is 7.62. The fourth-order valence-corrected chi connectivity index (χ4v) is 4.52. The van der Waals surface area contributed by atoms with Crippen LogP contribution in [0.3, 0.4) is 0 Å². The van der Waals surface area contributed by atoms with Crippen LogP contribution in [-0.2, 0) is 0 Å². The van der Waals surface area contributed by atoms with E-state index in [-0.39, 0.29) is 31.2 Å². The number of hydrogen-bond acceptors (Lipinski definition) is 3. The van der Waals surface area contributed by atoms with Gasteiger partial charge in [0.15, 0.2) is 0 Å². The average molecular weight is 382 g/mol. The first-order valence-corrected chi connectivity index (χ1v) is 9.81. The molecule has 0 saturated carbocycles. The first kappa shape index (κ1) is 20.4. The summed E-state index contributed by atoms with van der Waals surface area (Å²) in [7, 11) is 0. The van der Waals surface area contributed by atoms with E-state index in [1.165, 1.54) is 5.56 Å². The van der Waals surface area contributed by atoms with Crippen LogP contribution in [0.4, 0.5) is 13.2 Å². The van der Waals surface area contributed by atoms with E-state index in [2.05, 4.69) is 29.2 Å². The molecule has 2 fully saturated rings. The highest BCUT2D eigenvalue weighted by Gasteiger charge is 2.49. The van der Waals surface area contributed by atoms with E-state index >= 15 is 0 Å². The molecule has 1 aromatic carbocycles. The van der Waals surface area contributed by atoms with E-state index in [1.54, 1.807) is 0 Å². The van der Waals surface area contributed by atoms with Crippen molar-refractivity contribution in [2.45, 2.75) is 50.4 Å². The van der Waals surface area contributed by atoms with Crippen molar-refractivity contribution in [3.05, 3.63) is 41.5 Å². The number of rotatable bonds is 5. The lowest BCUT2D eigenvalue weighted by Crippen LogP contribution is -2.67. The Morgan fingerprint density at radius 1 is 1.15 bits per heavy atom. The quantitative estimate of drug-likeness (QED) is 0.837. The zero-order valence-corrected chi connectivity index (χ0v) is 15.8. The van der Waals surface area contributed by atoms with Crippen LogP contribution in [0.25, 0.3) is 6.08 Å². The monoisotopic (exact) mass is 382 g/mol. The van der Waals surface area contributed by atoms with Gasteiger partial charge in [-0.25, -0.2) is 0 Å². The van der Waals surface area contributed by atoms with Crippen LogP contribution in [0.2, 0.25) is 0 Å². The van der Waals surface area contributed by atoms with Gasteiger partial charge < -0.3 is 10.0 Å². The van der Waals surface area contributed by atoms with Crippen molar-refractivity contribution in [2.75, 3.05) is 32.8 Å². The lowest BCUT2D eigenvalue weighted by atomic mass is 9.74. The molecule has 3 rings (SSSR count). The van der Waals surface area contributed by atoms with E-state index in [9.17, 15) is 18.3 Å². The number of benzene rings is 1. The molecule has 27 heavy (non-hydrogen) atoms. The molecule has 0 radical (unpaired) electrons. The average Bonchev–Trinajstić information content (AvgIpc) is 2.60. The molecular weight excluding hydrogens is 353 g/mol. The van der Waals surface area contributed by atoms with Crippen LogP contribution < -0.4 is 0 Å². The Bertz CT molecular complexity index is 629. The molecule has 0 aromatic heterocycles. The first-order valence-electron chi connectivity index (χ1n) is 9.81. The van der Waals surface area contributed by atoms with Crippen molar-refractivity contribution in [2.24, 2.45) is 0 Å². The summed E-state index contributed by atoms with van der Waals surface area (Å²) in [5.74, 6) is 0.168. The standard InChI is InChI=1S/C21H29F3N2O/c1-2-5-16-6-8-17(9-7-16)20-18-14-25(13-10-21(22,23)24)11-3-4-12-26(18)19(20)15-27/h2,5-9,18-20,27H,3-4,10-15H2,1H3/t18-,19+,20-/m0/s1. The van der Waals surface area contributed by atoms with Gasteiger partial charge in [-0.2, -0.15) is 13.2 Å². The second kappa shape index (κ2) is 8.76. The number of aliphatic hydroxyl groups is 1. The van der Waals surface area contributed by atoms with Gasteiger partial charge in [0.1, 0.15) is 0 Å². The van der Waals surface area contributed by atoms with Gasteiger partial charge >= 0.3 is 6.18 Å². The third kappa shape index (κ3) is 4.92. The van der Waals surface area contributed by atoms with Crippen molar-refractivity contribution >= 4 is 6.08 Å². The molecule has 3 nitrogen and oxygen atoms in total. The highest BCUT2D eigenvalue weighted by atomic mass is 19.4. The fraction of sp³-hybridized carbons (Fsp3) is 0.619. The Morgan fingerprint density at radius 3 is 2.48 bits per heavy atom. The maximum absolute atomic E-state index is 12.7. The zero-order chi connectivity index (χ0) is 19.4. The number of fused-ring (bicyclic) bond motifs is 1. The Kier molecular flexibility index (Phi) is 6.61. The SMILES string of the molecule is CC=Cc1ccc([C@@H]2[C@@H](CO)N3CCCCN(CCC(F)(F)F)C[C@@H]23)cc1. The Morgan fingerprint density at radius 2 is 1.85 bits per heavy atom. The first-order chi connectivity index (χ1) is 12.9. The highest BCUT2D eigenvalue weighted by Crippen LogP contribution is 2.42. The smallest absolute Gasteiger partial charge is 0.390 e. The lowest BCUT2D eigenvalue weighted by molar-refractivity contribution is -0.140. The van der Waals surface area contributed by atoms with Crippen LogP contribution in [0, 0.1) is 0 Å². The minimum Gasteiger partial charge on any atom is -0.395 e. The topological polar surface area (TPSA) is 26.7 Å². The summed E-state index contributed by atoms with van der Waals surface area (Å²) in [6.45, 7) is 4.38. The van der Waals surface area contributed by atoms with E-state index in [0.29, 0.717) is 6.54 Å². The molecule has 1 N–H and O–H groups in total. The van der Waals surface area contributed by atoms with E-state index in [0.717, 1.165) is 31.5 Å². The van der Waals surface area contributed by atoms with Crippen molar-refractivity contribution in [3.8, 4) is 0 Å². The predicted octanol–water partition coefficient (Wildman–Crippen LogP) is 3.90. The molecule has 150 valence electrons. The number of allylic oxidation sites excluding steroid dienone is 1. The van der Waals surface area contributed by atoms with Crippen molar-refractivity contribution in [1.82, 2.24) is 9.80 Å². The molecule has 0 aliphatic carbocycles. The summed E-state index contributed by atoms with van der Waals surface area (Å²) in [6, 6.07) is 8.55. The minimum absolute atomic E-state index is 0.0601. The van der Waals surface area contributed by atoms with Gasteiger partial charge in [-0.1, -0.05) is 36.4 Å². The van der Waals surface area contributed by atoms with Gasteiger partial charge in [-0.3, -0.25) is 4.90 Å². The molecule has 2 aliphatic heterocycles.